The third-order valence-corrected chi connectivity index (χ3v) is 4.10. The maximum atomic E-state index is 12.1. The van der Waals surface area contributed by atoms with Crippen molar-refractivity contribution in [2.24, 2.45) is 10.9 Å². The Labute approximate surface area is 138 Å². The average Bonchev–Trinajstić information content (AvgIpc) is 2.55. The minimum Gasteiger partial charge on any atom is -0.430 e. The second-order valence-electron chi connectivity index (χ2n) is 5.59. The largest absolute Gasteiger partial charge is 0.430 e. The Hall–Kier alpha value is -3.02. The number of fused-ring (bicyclic) bond motifs is 1. The molecule has 6 heteroatoms. The van der Waals surface area contributed by atoms with Gasteiger partial charge in [0.25, 0.3) is 11.8 Å². The predicted octanol–water partition coefficient (Wildman–Crippen LogP) is 2.15. The van der Waals surface area contributed by atoms with E-state index in [0.717, 1.165) is 17.4 Å². The average molecular weight is 324 g/mol. The van der Waals surface area contributed by atoms with Gasteiger partial charge in [-0.1, -0.05) is 18.6 Å². The van der Waals surface area contributed by atoms with Crippen LogP contribution in [0.1, 0.15) is 30.6 Å². The van der Waals surface area contributed by atoms with E-state index in [-0.39, 0.29) is 17.4 Å². The molecule has 122 valence electrons. The highest BCUT2D eigenvalue weighted by molar-refractivity contribution is 6.14. The van der Waals surface area contributed by atoms with Crippen molar-refractivity contribution in [2.45, 2.75) is 20.3 Å². The maximum Gasteiger partial charge on any atom is 0.335 e. The van der Waals surface area contributed by atoms with Crippen LogP contribution in [0, 0.1) is 5.92 Å². The van der Waals surface area contributed by atoms with Crippen molar-refractivity contribution in [1.82, 2.24) is 5.32 Å². The molecule has 1 aromatic heterocycles. The Morgan fingerprint density at radius 1 is 1.33 bits per heavy atom. The lowest BCUT2D eigenvalue weighted by atomic mass is 9.84. The van der Waals surface area contributed by atoms with E-state index in [0.29, 0.717) is 17.8 Å². The van der Waals surface area contributed by atoms with Gasteiger partial charge in [0.1, 0.15) is 6.26 Å². The predicted molar refractivity (Wildman–Crippen MR) is 88.6 cm³/mol. The Kier molecular flexibility index (Phi) is 4.12. The topological polar surface area (TPSA) is 88.7 Å². The molecule has 1 atom stereocenters. The molecular weight excluding hydrogens is 308 g/mol. The maximum absolute atomic E-state index is 12.1. The standard InChI is InChI=1S/C18H16N2O4/c1-3-13-10(2)14-6-5-12(8-15(14)20-18(13)23)19-17(22)11-4-7-16(21)24-9-11/h4-9,14H,3H2,1-2H3,(H,20,23). The molecule has 3 rings (SSSR count). The van der Waals surface area contributed by atoms with Crippen molar-refractivity contribution in [3.63, 3.8) is 0 Å². The van der Waals surface area contributed by atoms with Gasteiger partial charge >= 0.3 is 5.63 Å². The fourth-order valence-corrected chi connectivity index (χ4v) is 2.83. The van der Waals surface area contributed by atoms with Crippen LogP contribution in [-0.2, 0) is 4.79 Å². The molecule has 0 aromatic carbocycles. The van der Waals surface area contributed by atoms with Gasteiger partial charge in [0.2, 0.25) is 0 Å². The normalized spacial score (nSPS) is 21.4. The van der Waals surface area contributed by atoms with Crippen LogP contribution in [0.3, 0.4) is 0 Å². The molecule has 0 spiro atoms. The molecule has 6 nitrogen and oxygen atoms in total. The second kappa shape index (κ2) is 6.23. The molecule has 0 fully saturated rings. The number of aliphatic imine (C=N–C) groups is 1. The van der Waals surface area contributed by atoms with E-state index >= 15 is 0 Å². The minimum absolute atomic E-state index is 0.00134. The quantitative estimate of drug-likeness (QED) is 0.902. The molecule has 0 saturated heterocycles. The smallest absolute Gasteiger partial charge is 0.335 e. The van der Waals surface area contributed by atoms with Crippen molar-refractivity contribution in [3.05, 3.63) is 69.5 Å². The molecule has 1 N–H and O–H groups in total. The lowest BCUT2D eigenvalue weighted by Gasteiger charge is -2.29. The molecular formula is C18H16N2O4. The van der Waals surface area contributed by atoms with Gasteiger partial charge in [0, 0.05) is 23.3 Å². The first-order valence-corrected chi connectivity index (χ1v) is 7.62. The van der Waals surface area contributed by atoms with Gasteiger partial charge in [-0.05, 0) is 31.6 Å². The third kappa shape index (κ3) is 2.90. The summed E-state index contributed by atoms with van der Waals surface area (Å²) in [5.74, 6) is -0.623. The Balaban J connectivity index is 1.89. The number of hydrogen-bond acceptors (Lipinski definition) is 4. The molecule has 1 aromatic rings. The molecule has 2 amide bonds. The highest BCUT2D eigenvalue weighted by atomic mass is 16.4. The number of hydrogen-bond donors (Lipinski definition) is 1. The second-order valence-corrected chi connectivity index (χ2v) is 5.59. The Morgan fingerprint density at radius 2 is 2.12 bits per heavy atom. The van der Waals surface area contributed by atoms with Crippen LogP contribution in [-0.4, -0.2) is 17.5 Å². The summed E-state index contributed by atoms with van der Waals surface area (Å²) in [4.78, 5) is 39.1. The number of allylic oxidation sites excluding steroid dienone is 3. The Morgan fingerprint density at radius 3 is 2.79 bits per heavy atom. The summed E-state index contributed by atoms with van der Waals surface area (Å²) < 4.78 is 4.66. The van der Waals surface area contributed by atoms with E-state index in [1.165, 1.54) is 12.1 Å². The number of carbonyl (C=O) groups is 2. The molecule has 24 heavy (non-hydrogen) atoms. The van der Waals surface area contributed by atoms with E-state index in [4.69, 9.17) is 0 Å². The summed E-state index contributed by atoms with van der Waals surface area (Å²) in [5.41, 5.74) is 2.61. The van der Waals surface area contributed by atoms with Crippen molar-refractivity contribution >= 4 is 17.5 Å². The fraction of sp³-hybridized carbons (Fsp3) is 0.222. The molecule has 1 unspecified atom stereocenters. The van der Waals surface area contributed by atoms with Gasteiger partial charge in [-0.15, -0.1) is 0 Å². The number of rotatable bonds is 2. The lowest BCUT2D eigenvalue weighted by molar-refractivity contribution is -0.117. The van der Waals surface area contributed by atoms with Gasteiger partial charge in [-0.25, -0.2) is 9.79 Å². The summed E-state index contributed by atoms with van der Waals surface area (Å²) in [6.07, 6.45) is 7.11. The summed E-state index contributed by atoms with van der Waals surface area (Å²) >= 11 is 0. The zero-order valence-electron chi connectivity index (χ0n) is 13.3. The molecule has 0 radical (unpaired) electrons. The van der Waals surface area contributed by atoms with Crippen molar-refractivity contribution < 1.29 is 14.0 Å². The van der Waals surface area contributed by atoms with Crippen LogP contribution < -0.4 is 10.9 Å². The molecule has 0 saturated carbocycles. The van der Waals surface area contributed by atoms with Crippen LogP contribution in [0.5, 0.6) is 0 Å². The van der Waals surface area contributed by atoms with Crippen LogP contribution in [0.25, 0.3) is 0 Å². The monoisotopic (exact) mass is 324 g/mol. The summed E-state index contributed by atoms with van der Waals surface area (Å²) in [5, 5.41) is 2.86. The van der Waals surface area contributed by atoms with E-state index in [9.17, 15) is 14.4 Å². The van der Waals surface area contributed by atoms with Gasteiger partial charge < -0.3 is 9.73 Å². The van der Waals surface area contributed by atoms with Gasteiger partial charge in [0.05, 0.1) is 11.3 Å². The van der Waals surface area contributed by atoms with E-state index in [1.54, 1.807) is 12.2 Å². The zero-order valence-corrected chi connectivity index (χ0v) is 13.3. The molecule has 2 aliphatic rings. The van der Waals surface area contributed by atoms with Gasteiger partial charge in [0.15, 0.2) is 0 Å². The van der Waals surface area contributed by atoms with E-state index in [2.05, 4.69) is 14.7 Å². The van der Waals surface area contributed by atoms with Crippen molar-refractivity contribution in [2.75, 3.05) is 0 Å². The number of nitrogens with one attached hydrogen (secondary N) is 1. The highest BCUT2D eigenvalue weighted by Gasteiger charge is 2.28. The first-order valence-electron chi connectivity index (χ1n) is 7.62. The number of amides is 2. The zero-order chi connectivity index (χ0) is 17.3. The molecule has 0 bridgehead atoms. The lowest BCUT2D eigenvalue weighted by Crippen LogP contribution is -2.36. The highest BCUT2D eigenvalue weighted by Crippen LogP contribution is 2.31. The summed E-state index contributed by atoms with van der Waals surface area (Å²) in [6, 6.07) is 2.53. The van der Waals surface area contributed by atoms with Crippen molar-refractivity contribution in [3.8, 4) is 0 Å². The molecule has 2 heterocycles. The molecule has 1 aliphatic heterocycles. The summed E-state index contributed by atoms with van der Waals surface area (Å²) in [7, 11) is 0. The van der Waals surface area contributed by atoms with Crippen LogP contribution in [0.15, 0.2) is 67.7 Å². The van der Waals surface area contributed by atoms with Crippen LogP contribution in [0.2, 0.25) is 0 Å². The minimum atomic E-state index is -0.527. The SMILES string of the molecule is CCC1=C(C)C2C=CC(=NC(=O)c3ccc(=O)oc3)C=C2NC1=O. The molecule has 1 aliphatic carbocycles. The first-order chi connectivity index (χ1) is 11.5. The van der Waals surface area contributed by atoms with Crippen LogP contribution in [0.4, 0.5) is 0 Å². The number of carbonyl (C=O) groups excluding carboxylic acids is 2. The van der Waals surface area contributed by atoms with Crippen LogP contribution >= 0.6 is 0 Å². The summed E-state index contributed by atoms with van der Waals surface area (Å²) in [6.45, 7) is 3.89. The van der Waals surface area contributed by atoms with Gasteiger partial charge in [-0.3, -0.25) is 9.59 Å². The van der Waals surface area contributed by atoms with Crippen molar-refractivity contribution in [1.29, 1.82) is 0 Å². The van der Waals surface area contributed by atoms with E-state index in [1.807, 2.05) is 19.9 Å². The first kappa shape index (κ1) is 15.9. The van der Waals surface area contributed by atoms with Gasteiger partial charge in [-0.2, -0.15) is 0 Å². The number of nitrogens with zero attached hydrogens (tertiary/aromatic N) is 1. The third-order valence-electron chi connectivity index (χ3n) is 4.10. The Bertz CT molecular complexity index is 879. The fourth-order valence-electron chi connectivity index (χ4n) is 2.83. The van der Waals surface area contributed by atoms with E-state index < -0.39 is 11.5 Å².